The molecule has 0 spiro atoms. The lowest BCUT2D eigenvalue weighted by Crippen LogP contribution is -2.43. The number of aromatic nitrogens is 2. The number of nitrogens with one attached hydrogen (secondary N) is 1. The van der Waals surface area contributed by atoms with Gasteiger partial charge in [0.2, 0.25) is 17.6 Å². The summed E-state index contributed by atoms with van der Waals surface area (Å²) in [5.74, 6) is 2.86. The summed E-state index contributed by atoms with van der Waals surface area (Å²) in [6.45, 7) is 8.85. The van der Waals surface area contributed by atoms with Crippen LogP contribution >= 0.6 is 0 Å². The maximum absolute atomic E-state index is 12.3. The zero-order valence-electron chi connectivity index (χ0n) is 16.9. The molecule has 1 aliphatic rings. The van der Waals surface area contributed by atoms with Crippen LogP contribution in [0.2, 0.25) is 0 Å². The Hall–Kier alpha value is -2.17. The summed E-state index contributed by atoms with van der Waals surface area (Å²) in [6, 6.07) is 8.51. The van der Waals surface area contributed by atoms with E-state index in [-0.39, 0.29) is 5.91 Å². The molecule has 2 aromatic rings. The van der Waals surface area contributed by atoms with Gasteiger partial charge in [-0.1, -0.05) is 70.0 Å². The lowest BCUT2D eigenvalue weighted by atomic mass is 9.78. The number of amides is 1. The van der Waals surface area contributed by atoms with Crippen molar-refractivity contribution < 1.29 is 9.32 Å². The van der Waals surface area contributed by atoms with Crippen molar-refractivity contribution in [3.8, 4) is 11.4 Å². The van der Waals surface area contributed by atoms with E-state index in [9.17, 15) is 4.79 Å². The molecular formula is C22H31N3O2. The molecule has 3 atom stereocenters. The minimum atomic E-state index is 0.0713. The number of nitrogens with zero attached hydrogens (tertiary/aromatic N) is 2. The van der Waals surface area contributed by atoms with Gasteiger partial charge in [-0.2, -0.15) is 4.98 Å². The highest BCUT2D eigenvalue weighted by Crippen LogP contribution is 2.29. The Morgan fingerprint density at radius 3 is 2.67 bits per heavy atom. The van der Waals surface area contributed by atoms with Crippen LogP contribution in [0, 0.1) is 11.8 Å². The first-order chi connectivity index (χ1) is 12.9. The van der Waals surface area contributed by atoms with E-state index in [2.05, 4.69) is 55.3 Å². The third-order valence-electron chi connectivity index (χ3n) is 5.92. The van der Waals surface area contributed by atoms with E-state index in [0.717, 1.165) is 12.0 Å². The standard InChI is InChI=1S/C22H31N3O2/c1-14(2)17-8-10-18(11-9-17)22-24-21(27-25-22)13-12-20(26)23-19-7-5-6-15(3)16(19)4/h8-11,14-16,19H,5-7,12-13H2,1-4H3,(H,23,26). The second kappa shape index (κ2) is 8.68. The van der Waals surface area contributed by atoms with Gasteiger partial charge in [0.1, 0.15) is 0 Å². The maximum Gasteiger partial charge on any atom is 0.227 e. The van der Waals surface area contributed by atoms with Gasteiger partial charge in [-0.25, -0.2) is 0 Å². The largest absolute Gasteiger partial charge is 0.353 e. The zero-order valence-corrected chi connectivity index (χ0v) is 16.9. The molecule has 3 unspecified atom stereocenters. The number of benzene rings is 1. The van der Waals surface area contributed by atoms with E-state index in [4.69, 9.17) is 4.52 Å². The summed E-state index contributed by atoms with van der Waals surface area (Å²) in [5.41, 5.74) is 2.22. The molecule has 5 heteroatoms. The van der Waals surface area contributed by atoms with Crippen molar-refractivity contribution in [1.82, 2.24) is 15.5 Å². The fourth-order valence-corrected chi connectivity index (χ4v) is 3.78. The van der Waals surface area contributed by atoms with Gasteiger partial charge < -0.3 is 9.84 Å². The Bertz CT molecular complexity index is 751. The van der Waals surface area contributed by atoms with Gasteiger partial charge in [0.15, 0.2) is 0 Å². The van der Waals surface area contributed by atoms with Crippen LogP contribution < -0.4 is 5.32 Å². The van der Waals surface area contributed by atoms with Crippen molar-refractivity contribution in [3.05, 3.63) is 35.7 Å². The van der Waals surface area contributed by atoms with Crippen LogP contribution in [-0.2, 0) is 11.2 Å². The monoisotopic (exact) mass is 369 g/mol. The number of hydrogen-bond donors (Lipinski definition) is 1. The average Bonchev–Trinajstić information content (AvgIpc) is 3.13. The predicted octanol–water partition coefficient (Wildman–Crippen LogP) is 4.73. The quantitative estimate of drug-likeness (QED) is 0.799. The Balaban J connectivity index is 1.52. The Morgan fingerprint density at radius 1 is 1.22 bits per heavy atom. The first kappa shape index (κ1) is 19.6. The molecule has 1 aliphatic carbocycles. The molecule has 1 saturated carbocycles. The molecule has 0 bridgehead atoms. The lowest BCUT2D eigenvalue weighted by molar-refractivity contribution is -0.122. The van der Waals surface area contributed by atoms with Crippen LogP contribution in [0.1, 0.15) is 70.8 Å². The summed E-state index contributed by atoms with van der Waals surface area (Å²) in [7, 11) is 0. The van der Waals surface area contributed by atoms with Gasteiger partial charge in [-0.15, -0.1) is 0 Å². The van der Waals surface area contributed by atoms with Gasteiger partial charge in [0.25, 0.3) is 0 Å². The maximum atomic E-state index is 12.3. The number of hydrogen-bond acceptors (Lipinski definition) is 4. The van der Waals surface area contributed by atoms with Crippen LogP contribution in [0.3, 0.4) is 0 Å². The molecule has 27 heavy (non-hydrogen) atoms. The Kier molecular flexibility index (Phi) is 6.30. The Morgan fingerprint density at radius 2 is 1.96 bits per heavy atom. The molecule has 1 amide bonds. The minimum absolute atomic E-state index is 0.0713. The molecule has 1 heterocycles. The first-order valence-electron chi connectivity index (χ1n) is 10.2. The van der Waals surface area contributed by atoms with E-state index in [1.54, 1.807) is 0 Å². The fraction of sp³-hybridized carbons (Fsp3) is 0.591. The van der Waals surface area contributed by atoms with Crippen molar-refractivity contribution in [2.24, 2.45) is 11.8 Å². The summed E-state index contributed by atoms with van der Waals surface area (Å²) >= 11 is 0. The third kappa shape index (κ3) is 4.96. The number of rotatable bonds is 6. The van der Waals surface area contributed by atoms with Crippen molar-refractivity contribution in [2.45, 2.75) is 71.8 Å². The van der Waals surface area contributed by atoms with Crippen molar-refractivity contribution >= 4 is 5.91 Å². The van der Waals surface area contributed by atoms with E-state index in [1.807, 2.05) is 12.1 Å². The molecule has 1 aromatic carbocycles. The van der Waals surface area contributed by atoms with Crippen LogP contribution in [0.25, 0.3) is 11.4 Å². The van der Waals surface area contributed by atoms with Crippen LogP contribution in [-0.4, -0.2) is 22.1 Å². The Labute approximate surface area is 161 Å². The molecular weight excluding hydrogens is 338 g/mol. The van der Waals surface area contributed by atoms with E-state index in [0.29, 0.717) is 48.4 Å². The second-order valence-corrected chi connectivity index (χ2v) is 8.23. The molecule has 1 aromatic heterocycles. The minimum Gasteiger partial charge on any atom is -0.353 e. The summed E-state index contributed by atoms with van der Waals surface area (Å²) in [6.07, 6.45) is 4.38. The molecule has 146 valence electrons. The SMILES string of the molecule is CC(C)c1ccc(-c2noc(CCC(=O)NC3CCCC(C)C3C)n2)cc1. The van der Waals surface area contributed by atoms with Crippen molar-refractivity contribution in [2.75, 3.05) is 0 Å². The summed E-state index contributed by atoms with van der Waals surface area (Å²) in [4.78, 5) is 16.8. The van der Waals surface area contributed by atoms with Gasteiger partial charge in [0.05, 0.1) is 0 Å². The molecule has 5 nitrogen and oxygen atoms in total. The van der Waals surface area contributed by atoms with Crippen molar-refractivity contribution in [3.63, 3.8) is 0 Å². The van der Waals surface area contributed by atoms with Gasteiger partial charge in [-0.3, -0.25) is 4.79 Å². The number of carbonyl (C=O) groups is 1. The molecule has 1 fully saturated rings. The van der Waals surface area contributed by atoms with Crippen LogP contribution in [0.5, 0.6) is 0 Å². The summed E-state index contributed by atoms with van der Waals surface area (Å²) in [5, 5.41) is 7.25. The van der Waals surface area contributed by atoms with Crippen LogP contribution in [0.4, 0.5) is 0 Å². The molecule has 1 N–H and O–H groups in total. The number of carbonyl (C=O) groups excluding carboxylic acids is 1. The zero-order chi connectivity index (χ0) is 19.4. The van der Waals surface area contributed by atoms with E-state index in [1.165, 1.54) is 18.4 Å². The van der Waals surface area contributed by atoms with Crippen LogP contribution in [0.15, 0.2) is 28.8 Å². The predicted molar refractivity (Wildman–Crippen MR) is 106 cm³/mol. The van der Waals surface area contributed by atoms with E-state index < -0.39 is 0 Å². The highest BCUT2D eigenvalue weighted by molar-refractivity contribution is 5.76. The number of aryl methyl sites for hydroxylation is 1. The first-order valence-corrected chi connectivity index (χ1v) is 10.2. The lowest BCUT2D eigenvalue weighted by Gasteiger charge is -2.34. The van der Waals surface area contributed by atoms with Gasteiger partial charge in [-0.05, 0) is 29.7 Å². The van der Waals surface area contributed by atoms with Gasteiger partial charge in [0, 0.05) is 24.4 Å². The normalized spacial score (nSPS) is 22.8. The third-order valence-corrected chi connectivity index (χ3v) is 5.92. The topological polar surface area (TPSA) is 68.0 Å². The van der Waals surface area contributed by atoms with Crippen molar-refractivity contribution in [1.29, 1.82) is 0 Å². The van der Waals surface area contributed by atoms with Gasteiger partial charge >= 0.3 is 0 Å². The highest BCUT2D eigenvalue weighted by Gasteiger charge is 2.28. The average molecular weight is 370 g/mol. The molecule has 0 saturated heterocycles. The smallest absolute Gasteiger partial charge is 0.227 e. The highest BCUT2D eigenvalue weighted by atomic mass is 16.5. The second-order valence-electron chi connectivity index (χ2n) is 8.23. The van der Waals surface area contributed by atoms with E-state index >= 15 is 0 Å². The molecule has 3 rings (SSSR count). The molecule has 0 aliphatic heterocycles. The fourth-order valence-electron chi connectivity index (χ4n) is 3.78. The summed E-state index contributed by atoms with van der Waals surface area (Å²) < 4.78 is 5.33. The molecule has 0 radical (unpaired) electrons.